The third kappa shape index (κ3) is 20.8. The van der Waals surface area contributed by atoms with Crippen molar-refractivity contribution in [2.75, 3.05) is 38.6 Å². The summed E-state index contributed by atoms with van der Waals surface area (Å²) in [5.74, 6) is -16.9. The van der Waals surface area contributed by atoms with Gasteiger partial charge in [-0.2, -0.15) is 0 Å². The smallest absolute Gasteiger partial charge is 0.508 e. The summed E-state index contributed by atoms with van der Waals surface area (Å²) >= 11 is 14.3. The van der Waals surface area contributed by atoms with Crippen molar-refractivity contribution in [2.24, 2.45) is 11.7 Å². The minimum absolute atomic E-state index is 0.126. The number of carboxylic acid groups (broad SMARTS) is 1. The zero-order chi connectivity index (χ0) is 89.1. The standard InChI is InChI=1S/C81H90Cl2F3N11O26/c1-33(2)22-47(88-5)71(108)95-62-64(103)37-7-14-51(45(82)24-37)118-53-26-39-27-54(68(53)122-78-69(67(106)66(105)55(32-98)120-78)121-57-31-80(4,70(107)34(3)117-57)89-19-16-35-17-20-97(21-18-35)79(116)90-40-9-11-42(12-10-40)123-81(84,85)86)119-52-15-8-38(25-46(52)83)65(104)63-76(113)94-61(77(114)115)44-28-41(99)29-50(101)58(44)43-23-36(6-13-49(43)100)59(73(110)96-63)93-74(111)60(39)92-72(109)48(30-56(87)102)91-75(62)112/h6-15,17,23-29,33-34,47-48,55,57,59-67,69-70,78,88-89,98-101,103-107H,16,18-22,30-32H2,1-5H3,(H2,87,102)(H,90,116)(H,91,112)(H,92,109)(H,93,111)(H,94,113)(H,95,108)(H,96,110)(H,114,115)/t34-,47+,48?,55+,57-,59?,60?,61+,62+,63-,64+,65+,66+,67-,69+,70+,78-,80-/m0/s1. The fourth-order valence-electron chi connectivity index (χ4n) is 15.2. The van der Waals surface area contributed by atoms with Crippen LogP contribution in [0.25, 0.3) is 11.1 Å². The Balaban J connectivity index is 0.973. The van der Waals surface area contributed by atoms with Gasteiger partial charge in [0.25, 0.3) is 0 Å². The minimum atomic E-state index is -4.92. The predicted molar refractivity (Wildman–Crippen MR) is 424 cm³/mol. The normalized spacial score (nSPS) is 27.0. The van der Waals surface area contributed by atoms with Crippen molar-refractivity contribution < 1.29 is 141 Å². The number of benzene rings is 6. The number of aliphatic hydroxyl groups excluding tert-OH is 6. The number of nitrogens with two attached hydrogens (primary N) is 1. The summed E-state index contributed by atoms with van der Waals surface area (Å²) in [4.78, 5) is 133. The zero-order valence-corrected chi connectivity index (χ0v) is 67.6. The lowest BCUT2D eigenvalue weighted by molar-refractivity contribution is -0.334. The van der Waals surface area contributed by atoms with Crippen molar-refractivity contribution >= 4 is 82.2 Å². The van der Waals surface area contributed by atoms with Gasteiger partial charge in [-0.3, -0.25) is 33.6 Å². The van der Waals surface area contributed by atoms with Gasteiger partial charge in [0, 0.05) is 53.5 Å². The van der Waals surface area contributed by atoms with Crippen LogP contribution in [-0.4, -0.2) is 228 Å². The first-order valence-corrected chi connectivity index (χ1v) is 39.5. The number of primary amides is 1. The van der Waals surface area contributed by atoms with Crippen LogP contribution in [0.1, 0.15) is 118 Å². The van der Waals surface area contributed by atoms with Gasteiger partial charge in [0.15, 0.2) is 29.9 Å². The molecule has 0 aromatic heterocycles. The Bertz CT molecular complexity index is 5080. The van der Waals surface area contributed by atoms with Gasteiger partial charge in [-0.15, -0.1) is 13.2 Å². The Morgan fingerprint density at radius 1 is 0.732 bits per heavy atom. The van der Waals surface area contributed by atoms with Gasteiger partial charge in [0.2, 0.25) is 53.4 Å². The number of alkyl halides is 3. The van der Waals surface area contributed by atoms with Gasteiger partial charge < -0.3 is 143 Å². The molecule has 37 nitrogen and oxygen atoms in total. The first-order chi connectivity index (χ1) is 58.2. The van der Waals surface area contributed by atoms with Gasteiger partial charge in [-0.1, -0.05) is 66.9 Å². The molecular weight excluding hydrogens is 1670 g/mol. The summed E-state index contributed by atoms with van der Waals surface area (Å²) in [7, 11) is 1.46. The maximum atomic E-state index is 16.2. The average Bonchev–Trinajstić information content (AvgIpc) is 0.766. The second kappa shape index (κ2) is 37.8. The number of phenols is 3. The molecule has 0 spiro atoms. The molecule has 8 aliphatic heterocycles. The topological polar surface area (TPSA) is 558 Å². The fourth-order valence-corrected chi connectivity index (χ4v) is 15.7. The van der Waals surface area contributed by atoms with E-state index in [0.717, 1.165) is 84.4 Å². The van der Waals surface area contributed by atoms with E-state index in [1.165, 1.54) is 43.1 Å². The lowest BCUT2D eigenvalue weighted by Gasteiger charge is -2.48. The average molecular weight is 1760 g/mol. The Labute approximate surface area is 708 Å². The molecule has 660 valence electrons. The molecule has 11 bridgehead atoms. The summed E-state index contributed by atoms with van der Waals surface area (Å²) in [6, 6.07) is 2.96. The highest BCUT2D eigenvalue weighted by Crippen LogP contribution is 2.50. The van der Waals surface area contributed by atoms with E-state index < -0.39 is 260 Å². The van der Waals surface area contributed by atoms with Crippen molar-refractivity contribution in [3.8, 4) is 62.9 Å². The number of aromatic hydroxyl groups is 3. The van der Waals surface area contributed by atoms with E-state index in [0.29, 0.717) is 12.8 Å². The predicted octanol–water partition coefficient (Wildman–Crippen LogP) is 3.89. The van der Waals surface area contributed by atoms with E-state index in [2.05, 4.69) is 52.6 Å². The highest BCUT2D eigenvalue weighted by atomic mass is 35.5. The number of halogens is 5. The highest BCUT2D eigenvalue weighted by molar-refractivity contribution is 6.32. The van der Waals surface area contributed by atoms with Crippen LogP contribution in [0.3, 0.4) is 0 Å². The van der Waals surface area contributed by atoms with Crippen LogP contribution in [0, 0.1) is 5.92 Å². The molecule has 14 rings (SSSR count). The number of carbonyl (C=O) groups is 9. The molecule has 8 heterocycles. The molecule has 0 aliphatic carbocycles. The quantitative estimate of drug-likeness (QED) is 0.0511. The van der Waals surface area contributed by atoms with Gasteiger partial charge in [0.1, 0.15) is 95.2 Å². The van der Waals surface area contributed by atoms with E-state index in [9.17, 15) is 93.0 Å². The van der Waals surface area contributed by atoms with E-state index in [4.69, 9.17) is 57.4 Å². The van der Waals surface area contributed by atoms with Crippen LogP contribution in [0.5, 0.6) is 51.7 Å². The molecule has 42 heteroatoms. The summed E-state index contributed by atoms with van der Waals surface area (Å²) in [5.41, 5.74) is 2.58. The van der Waals surface area contributed by atoms with Crippen molar-refractivity contribution in [1.82, 2.24) is 47.4 Å². The molecule has 8 aliphatic rings. The third-order valence-corrected chi connectivity index (χ3v) is 22.2. The number of carbonyl (C=O) groups excluding carboxylic acids is 8. The number of aliphatic carboxylic acids is 1. The number of amides is 9. The number of hydrogen-bond acceptors (Lipinski definition) is 27. The highest BCUT2D eigenvalue weighted by Gasteiger charge is 2.52. The van der Waals surface area contributed by atoms with Crippen molar-refractivity contribution in [1.29, 1.82) is 0 Å². The molecule has 18 atom stereocenters. The van der Waals surface area contributed by atoms with Gasteiger partial charge >= 0.3 is 18.4 Å². The first-order valence-electron chi connectivity index (χ1n) is 38.7. The Morgan fingerprint density at radius 2 is 1.37 bits per heavy atom. The lowest BCUT2D eigenvalue weighted by atomic mass is 9.84. The number of rotatable bonds is 19. The number of carboxylic acids is 1. The van der Waals surface area contributed by atoms with Crippen LogP contribution in [0.15, 0.2) is 115 Å². The molecule has 2 saturated heterocycles. The largest absolute Gasteiger partial charge is 0.573 e. The number of phenolic OH excluding ortho intramolecular Hbond substituents is 3. The fraction of sp³-hybridized carbons (Fsp3) is 0.420. The van der Waals surface area contributed by atoms with Crippen LogP contribution in [-0.2, 0) is 52.6 Å². The lowest BCUT2D eigenvalue weighted by Crippen LogP contribution is -2.65. The Hall–Kier alpha value is -11.4. The molecular formula is C81H90Cl2F3N11O26. The van der Waals surface area contributed by atoms with Crippen molar-refractivity contribution in [2.45, 2.75) is 175 Å². The second-order valence-electron chi connectivity index (χ2n) is 30.9. The Morgan fingerprint density at radius 3 is 1.97 bits per heavy atom. The van der Waals surface area contributed by atoms with Crippen LogP contribution in [0.2, 0.25) is 10.0 Å². The number of ether oxygens (including phenoxy) is 7. The zero-order valence-electron chi connectivity index (χ0n) is 66.1. The number of aliphatic hydroxyl groups is 6. The van der Waals surface area contributed by atoms with E-state index >= 15 is 14.4 Å². The number of nitrogens with zero attached hydrogens (tertiary/aromatic N) is 1. The maximum Gasteiger partial charge on any atom is 0.573 e. The molecule has 3 unspecified atom stereocenters. The van der Waals surface area contributed by atoms with Crippen LogP contribution in [0.4, 0.5) is 23.7 Å². The minimum Gasteiger partial charge on any atom is -0.508 e. The molecule has 0 radical (unpaired) electrons. The molecule has 123 heavy (non-hydrogen) atoms. The first kappa shape index (κ1) is 90.8. The summed E-state index contributed by atoms with van der Waals surface area (Å²) < 4.78 is 81.6. The molecule has 21 N–H and O–H groups in total. The monoisotopic (exact) mass is 1760 g/mol. The van der Waals surface area contributed by atoms with Crippen LogP contribution < -0.4 is 72.5 Å². The molecule has 6 aromatic carbocycles. The van der Waals surface area contributed by atoms with Gasteiger partial charge in [-0.05, 0) is 154 Å². The van der Waals surface area contributed by atoms with Crippen molar-refractivity contribution in [3.05, 3.63) is 153 Å². The van der Waals surface area contributed by atoms with Gasteiger partial charge in [0.05, 0.1) is 41.3 Å². The molecule has 0 saturated carbocycles. The maximum absolute atomic E-state index is 16.2. The van der Waals surface area contributed by atoms with Gasteiger partial charge in [-0.25, -0.2) is 9.59 Å². The van der Waals surface area contributed by atoms with Crippen LogP contribution >= 0.6 is 23.2 Å². The van der Waals surface area contributed by atoms with E-state index in [-0.39, 0.29) is 66.5 Å². The Kier molecular flexibility index (Phi) is 27.9. The number of hydrogen-bond donors (Lipinski definition) is 20. The molecule has 6 aromatic rings. The number of urea groups is 1. The number of fused-ring (bicyclic) bond motifs is 15. The number of anilines is 1. The molecule has 9 amide bonds. The third-order valence-electron chi connectivity index (χ3n) is 21.6. The molecule has 2 fully saturated rings. The number of likely N-dealkylation sites (N-methyl/N-ethyl adjacent to an activating group) is 1. The summed E-state index contributed by atoms with van der Waals surface area (Å²) in [6.07, 6.45) is -21.6. The summed E-state index contributed by atoms with van der Waals surface area (Å²) in [6.45, 7) is 6.39. The SMILES string of the molecule is CN[C@H](CC(C)C)C(=O)N[C@H]1C(=O)NC(CC(N)=O)C(=O)NC2C(=O)NC3C(=O)N[C@H](C(=O)N[C@@H](C(=O)O)c4cc(O)cc(O)c4-c4cc3ccc4O)[C@H](O)c3ccc(c(Cl)c3)Oc3cc2cc(c3O[C@@H]2O[C@H](CO)[C@@H](O)[C@H](O)[C@H]2O[C@H]2C[C@](C)(NCCC3=CCN(C(=O)Nc4ccc(OC(F)(F)F)cc4)CC3)[C@H](O)[C@H](C)O2)Oc2ccc(cc2Cl)[C@H]1O. The van der Waals surface area contributed by atoms with Crippen molar-refractivity contribution in [3.63, 3.8) is 0 Å². The number of nitrogens with one attached hydrogen (secondary N) is 9. The summed E-state index contributed by atoms with van der Waals surface area (Å²) in [5, 5.41) is 139. The second-order valence-corrected chi connectivity index (χ2v) is 31.7. The van der Waals surface area contributed by atoms with E-state index in [1.807, 2.05) is 6.08 Å². The van der Waals surface area contributed by atoms with E-state index in [1.54, 1.807) is 20.8 Å².